The normalized spacial score (nSPS) is 25.8. The molecular weight excluding hydrogens is 504 g/mol. The van der Waals surface area contributed by atoms with Crippen molar-refractivity contribution < 1.29 is 27.9 Å². The Bertz CT molecular complexity index is 1130. The molecule has 0 bridgehead atoms. The number of carboxylic acid groups (broad SMARTS) is 1. The Balaban J connectivity index is 1.80. The maximum Gasteiger partial charge on any atom is 0.267 e. The third-order valence-corrected chi connectivity index (χ3v) is 8.51. The van der Waals surface area contributed by atoms with Crippen LogP contribution >= 0.6 is 39.9 Å². The van der Waals surface area contributed by atoms with Crippen molar-refractivity contribution in [2.24, 2.45) is 0 Å². The van der Waals surface area contributed by atoms with Crippen LogP contribution in [0, 0.1) is 0 Å². The van der Waals surface area contributed by atoms with E-state index in [1.54, 1.807) is 18.2 Å². The number of fused-ring (bicyclic) bond motifs is 1. The van der Waals surface area contributed by atoms with Crippen LogP contribution in [-0.4, -0.2) is 59.5 Å². The zero-order chi connectivity index (χ0) is 21.1. The number of carbonyl (C=O) groups is 3. The van der Waals surface area contributed by atoms with Crippen molar-refractivity contribution in [1.82, 2.24) is 4.90 Å². The number of carbonyl (C=O) groups excluding carboxylic acids is 3. The van der Waals surface area contributed by atoms with Gasteiger partial charge in [-0.25, -0.2) is 8.42 Å². The molecule has 1 aromatic rings. The fraction of sp³-hybridized carbons (Fsp3) is 0.294. The molecule has 1 atom stereocenters. The summed E-state index contributed by atoms with van der Waals surface area (Å²) in [7, 11) is -3.24. The SMILES string of the molecule is O=C([O-])CN1C(=O)/C(=C2/SC(=S)N([C@@H]3CCS(=O)(=O)C3)C2=O)c2cc(Br)ccc21. The highest BCUT2D eigenvalue weighted by atomic mass is 79.9. The monoisotopic (exact) mass is 515 g/mol. The van der Waals surface area contributed by atoms with Crippen molar-refractivity contribution in [3.63, 3.8) is 0 Å². The van der Waals surface area contributed by atoms with Gasteiger partial charge in [-0.15, -0.1) is 0 Å². The number of rotatable bonds is 3. The number of sulfone groups is 1. The van der Waals surface area contributed by atoms with E-state index in [4.69, 9.17) is 12.2 Å². The van der Waals surface area contributed by atoms with Gasteiger partial charge in [-0.2, -0.15) is 0 Å². The highest BCUT2D eigenvalue weighted by Gasteiger charge is 2.46. The predicted octanol–water partition coefficient (Wildman–Crippen LogP) is 0.304. The molecule has 0 spiro atoms. The van der Waals surface area contributed by atoms with E-state index in [0.717, 1.165) is 16.7 Å². The average molecular weight is 516 g/mol. The number of benzene rings is 1. The summed E-state index contributed by atoms with van der Waals surface area (Å²) in [6, 6.07) is 4.30. The second-order valence-corrected chi connectivity index (χ2v) is 11.5. The summed E-state index contributed by atoms with van der Waals surface area (Å²) in [5.41, 5.74) is 0.819. The summed E-state index contributed by atoms with van der Waals surface area (Å²) in [6.45, 7) is -0.655. The Hall–Kier alpha value is -1.76. The average Bonchev–Trinajstić information content (AvgIpc) is 3.20. The molecular formula is C17H12BrN2O6S3-. The molecule has 3 aliphatic rings. The van der Waals surface area contributed by atoms with Gasteiger partial charge in [-0.1, -0.05) is 39.9 Å². The highest BCUT2D eigenvalue weighted by molar-refractivity contribution is 9.10. The Labute approximate surface area is 184 Å². The molecule has 2 amide bonds. The van der Waals surface area contributed by atoms with E-state index in [9.17, 15) is 27.9 Å². The summed E-state index contributed by atoms with van der Waals surface area (Å²) in [6.07, 6.45) is 0.282. The lowest BCUT2D eigenvalue weighted by Gasteiger charge is -2.21. The standard InChI is InChI=1S/C17H13BrN2O6S3/c18-8-1-2-11-10(5-8)13(15(23)19(11)6-12(21)22)14-16(24)20(17(27)28-14)9-3-4-29(25,26)7-9/h1-2,5,9H,3-4,6-7H2,(H,21,22)/p-1/b14-13+/t9-/m1/s1. The van der Waals surface area contributed by atoms with Crippen LogP contribution in [0.5, 0.6) is 0 Å². The Morgan fingerprint density at radius 2 is 2.03 bits per heavy atom. The number of thiocarbonyl (C=S) groups is 1. The summed E-state index contributed by atoms with van der Waals surface area (Å²) >= 11 is 9.55. The zero-order valence-corrected chi connectivity index (χ0v) is 18.6. The summed E-state index contributed by atoms with van der Waals surface area (Å²) < 4.78 is 24.5. The van der Waals surface area contributed by atoms with Gasteiger partial charge in [0, 0.05) is 10.0 Å². The van der Waals surface area contributed by atoms with Crippen LogP contribution in [0.4, 0.5) is 5.69 Å². The summed E-state index contributed by atoms with van der Waals surface area (Å²) in [5.74, 6) is -2.80. The largest absolute Gasteiger partial charge is 0.548 e. The van der Waals surface area contributed by atoms with E-state index in [0.29, 0.717) is 15.7 Å². The first-order valence-corrected chi connectivity index (χ1v) is 12.2. The van der Waals surface area contributed by atoms with Gasteiger partial charge < -0.3 is 14.8 Å². The van der Waals surface area contributed by atoms with Crippen LogP contribution in [0.25, 0.3) is 5.57 Å². The van der Waals surface area contributed by atoms with Crippen LogP contribution in [0.15, 0.2) is 27.6 Å². The quantitative estimate of drug-likeness (QED) is 0.417. The minimum absolute atomic E-state index is 0.0191. The fourth-order valence-corrected chi connectivity index (χ4v) is 7.17. The summed E-state index contributed by atoms with van der Waals surface area (Å²) in [5, 5.41) is 11.1. The van der Waals surface area contributed by atoms with Crippen LogP contribution in [0.1, 0.15) is 12.0 Å². The molecule has 3 aliphatic heterocycles. The van der Waals surface area contributed by atoms with Crippen LogP contribution in [0.2, 0.25) is 0 Å². The molecule has 12 heteroatoms. The first-order chi connectivity index (χ1) is 13.6. The van der Waals surface area contributed by atoms with Gasteiger partial charge >= 0.3 is 0 Å². The van der Waals surface area contributed by atoms with E-state index >= 15 is 0 Å². The van der Waals surface area contributed by atoms with Gasteiger partial charge in [0.25, 0.3) is 11.8 Å². The highest BCUT2D eigenvalue weighted by Crippen LogP contribution is 2.46. The maximum atomic E-state index is 13.1. The van der Waals surface area contributed by atoms with Gasteiger partial charge in [0.05, 0.1) is 46.2 Å². The van der Waals surface area contributed by atoms with Gasteiger partial charge in [0.1, 0.15) is 4.32 Å². The second kappa shape index (κ2) is 7.18. The lowest BCUT2D eigenvalue weighted by atomic mass is 10.1. The number of anilines is 1. The Kier molecular flexibility index (Phi) is 5.08. The number of amides is 2. The van der Waals surface area contributed by atoms with Crippen LogP contribution in [-0.2, 0) is 24.2 Å². The number of aliphatic carboxylic acids is 1. The molecule has 0 saturated carbocycles. The molecule has 29 heavy (non-hydrogen) atoms. The van der Waals surface area contributed by atoms with Crippen molar-refractivity contribution in [3.8, 4) is 0 Å². The lowest BCUT2D eigenvalue weighted by molar-refractivity contribution is -0.303. The van der Waals surface area contributed by atoms with Crippen molar-refractivity contribution in [2.45, 2.75) is 12.5 Å². The number of nitrogens with zero attached hydrogens (tertiary/aromatic N) is 2. The van der Waals surface area contributed by atoms with Gasteiger partial charge in [-0.05, 0) is 24.6 Å². The molecule has 0 radical (unpaired) electrons. The number of carboxylic acids is 1. The molecule has 152 valence electrons. The molecule has 8 nitrogen and oxygen atoms in total. The minimum atomic E-state index is -3.24. The molecule has 0 aromatic heterocycles. The molecule has 2 fully saturated rings. The predicted molar refractivity (Wildman–Crippen MR) is 113 cm³/mol. The number of thioether (sulfide) groups is 1. The smallest absolute Gasteiger partial charge is 0.267 e. The third-order valence-electron chi connectivity index (χ3n) is 4.86. The van der Waals surface area contributed by atoms with E-state index < -0.39 is 40.2 Å². The van der Waals surface area contributed by atoms with E-state index in [2.05, 4.69) is 15.9 Å². The lowest BCUT2D eigenvalue weighted by Crippen LogP contribution is -2.40. The van der Waals surface area contributed by atoms with Crippen molar-refractivity contribution in [2.75, 3.05) is 23.0 Å². The first-order valence-electron chi connectivity index (χ1n) is 8.41. The molecule has 0 unspecified atom stereocenters. The van der Waals surface area contributed by atoms with Crippen molar-refractivity contribution in [1.29, 1.82) is 0 Å². The van der Waals surface area contributed by atoms with Gasteiger partial charge in [0.2, 0.25) is 0 Å². The van der Waals surface area contributed by atoms with Crippen LogP contribution in [0.3, 0.4) is 0 Å². The molecule has 0 N–H and O–H groups in total. The number of halogens is 1. The molecule has 2 saturated heterocycles. The molecule has 3 heterocycles. The van der Waals surface area contributed by atoms with Crippen molar-refractivity contribution >= 4 is 83.1 Å². The molecule has 4 rings (SSSR count). The third kappa shape index (κ3) is 3.51. The fourth-order valence-electron chi connectivity index (χ4n) is 3.63. The summed E-state index contributed by atoms with van der Waals surface area (Å²) in [4.78, 5) is 39.6. The maximum absolute atomic E-state index is 13.1. The molecule has 1 aromatic carbocycles. The first kappa shape index (κ1) is 20.5. The number of hydrogen-bond acceptors (Lipinski definition) is 8. The van der Waals surface area contributed by atoms with Gasteiger partial charge in [-0.3, -0.25) is 14.5 Å². The number of hydrogen-bond donors (Lipinski definition) is 0. The topological polar surface area (TPSA) is 115 Å². The van der Waals surface area contributed by atoms with Crippen molar-refractivity contribution in [3.05, 3.63) is 33.1 Å². The minimum Gasteiger partial charge on any atom is -0.548 e. The van der Waals surface area contributed by atoms with Crippen LogP contribution < -0.4 is 10.0 Å². The molecule has 0 aliphatic carbocycles. The van der Waals surface area contributed by atoms with E-state index in [1.165, 1.54) is 4.90 Å². The Morgan fingerprint density at radius 3 is 2.66 bits per heavy atom. The Morgan fingerprint density at radius 1 is 1.31 bits per heavy atom. The van der Waals surface area contributed by atoms with E-state index in [1.807, 2.05) is 0 Å². The second-order valence-electron chi connectivity index (χ2n) is 6.73. The van der Waals surface area contributed by atoms with E-state index in [-0.39, 0.29) is 32.7 Å². The zero-order valence-electron chi connectivity index (χ0n) is 14.6. The van der Waals surface area contributed by atoms with Gasteiger partial charge in [0.15, 0.2) is 9.84 Å².